The third-order valence-electron chi connectivity index (χ3n) is 2.88. The van der Waals surface area contributed by atoms with Gasteiger partial charge in [0.1, 0.15) is 11.7 Å². The highest BCUT2D eigenvalue weighted by Gasteiger charge is 2.33. The van der Waals surface area contributed by atoms with Gasteiger partial charge in [0.25, 0.3) is 0 Å². The van der Waals surface area contributed by atoms with Crippen LogP contribution in [0.4, 0.5) is 0 Å². The molecule has 1 aliphatic heterocycles. The molecule has 17 heavy (non-hydrogen) atoms. The van der Waals surface area contributed by atoms with Crippen molar-refractivity contribution in [1.82, 2.24) is 0 Å². The summed E-state index contributed by atoms with van der Waals surface area (Å²) in [5.74, 6) is -0.703. The van der Waals surface area contributed by atoms with E-state index in [9.17, 15) is 9.59 Å². The Kier molecular flexibility index (Phi) is 4.44. The lowest BCUT2D eigenvalue weighted by molar-refractivity contribution is -0.148. The molecule has 1 atom stereocenters. The van der Waals surface area contributed by atoms with E-state index in [0.29, 0.717) is 17.8 Å². The summed E-state index contributed by atoms with van der Waals surface area (Å²) < 4.78 is 5.17. The molecule has 0 radical (unpaired) electrons. The van der Waals surface area contributed by atoms with Crippen LogP contribution >= 0.6 is 0 Å². The number of rotatable bonds is 3. The van der Waals surface area contributed by atoms with Crippen molar-refractivity contribution in [2.24, 2.45) is 5.92 Å². The minimum absolute atomic E-state index is 0.142. The topological polar surface area (TPSA) is 43.4 Å². The summed E-state index contributed by atoms with van der Waals surface area (Å²) >= 11 is 0. The Morgan fingerprint density at radius 2 is 2.06 bits per heavy atom. The van der Waals surface area contributed by atoms with Gasteiger partial charge in [-0.15, -0.1) is 0 Å². The maximum absolute atomic E-state index is 11.9. The molecule has 1 heterocycles. The molecule has 0 N–H and O–H groups in total. The maximum Gasteiger partial charge on any atom is 0.322 e. The highest BCUT2D eigenvalue weighted by molar-refractivity contribution is 6.08. The molecule has 3 nitrogen and oxygen atoms in total. The molecule has 1 unspecified atom stereocenters. The van der Waals surface area contributed by atoms with Crippen molar-refractivity contribution in [2.75, 3.05) is 0 Å². The number of ketones is 1. The first kappa shape index (κ1) is 13.4. The number of hydrogen-bond donors (Lipinski definition) is 0. The summed E-state index contributed by atoms with van der Waals surface area (Å²) in [5.41, 5.74) is 1.54. The van der Waals surface area contributed by atoms with Crippen LogP contribution in [-0.2, 0) is 14.3 Å². The van der Waals surface area contributed by atoms with Crippen LogP contribution in [0.2, 0.25) is 0 Å². The van der Waals surface area contributed by atoms with Gasteiger partial charge in [-0.3, -0.25) is 9.59 Å². The van der Waals surface area contributed by atoms with E-state index in [2.05, 4.69) is 0 Å². The van der Waals surface area contributed by atoms with Crippen LogP contribution in [0.25, 0.3) is 0 Å². The van der Waals surface area contributed by atoms with Crippen molar-refractivity contribution in [3.05, 3.63) is 35.1 Å². The van der Waals surface area contributed by atoms with E-state index >= 15 is 0 Å². The largest absolute Gasteiger partial charge is 0.426 e. The van der Waals surface area contributed by atoms with Gasteiger partial charge in [0.05, 0.1) is 0 Å². The first-order valence-electron chi connectivity index (χ1n) is 5.72. The molecule has 1 aliphatic rings. The zero-order chi connectivity index (χ0) is 13.0. The average Bonchev–Trinajstić information content (AvgIpc) is 2.31. The first-order valence-corrected chi connectivity index (χ1v) is 5.72. The van der Waals surface area contributed by atoms with Gasteiger partial charge in [0, 0.05) is 0 Å². The predicted octanol–water partition coefficient (Wildman–Crippen LogP) is 2.93. The summed E-state index contributed by atoms with van der Waals surface area (Å²) in [6.45, 7) is 7.24. The zero-order valence-corrected chi connectivity index (χ0v) is 10.7. The monoisotopic (exact) mass is 234 g/mol. The Labute approximate surface area is 102 Å². The van der Waals surface area contributed by atoms with E-state index in [1.54, 1.807) is 26.0 Å². The Bertz CT molecular complexity index is 425. The summed E-state index contributed by atoms with van der Waals surface area (Å²) in [6.07, 6.45) is 5.72. The molecule has 0 aromatic carbocycles. The highest BCUT2D eigenvalue weighted by Crippen LogP contribution is 2.27. The molecule has 3 heteroatoms. The van der Waals surface area contributed by atoms with Crippen LogP contribution < -0.4 is 0 Å². The molecule has 92 valence electrons. The molecule has 0 bridgehead atoms. The number of ether oxygens (including phenoxy) is 1. The highest BCUT2D eigenvalue weighted by atomic mass is 16.5. The number of carbonyl (C=O) groups is 2. The minimum atomic E-state index is -0.680. The fourth-order valence-electron chi connectivity index (χ4n) is 1.70. The number of carbonyl (C=O) groups excluding carboxylic acids is 2. The van der Waals surface area contributed by atoms with Gasteiger partial charge in [0.2, 0.25) is 0 Å². The lowest BCUT2D eigenvalue weighted by Gasteiger charge is -2.22. The number of Topliss-reactive ketones (excluding diaryl/α,β-unsaturated/α-hetero) is 1. The molecule has 0 aromatic rings. The van der Waals surface area contributed by atoms with Crippen LogP contribution in [0.5, 0.6) is 0 Å². The molecule has 1 rings (SSSR count). The van der Waals surface area contributed by atoms with Crippen LogP contribution in [0.3, 0.4) is 0 Å². The standard InChI is InChI=1S/C14H18O3/c1-5-7-12-10(4)8-11(14(16)17-12)13(15)9(3)6-2/h5-7,11H,8H2,1-4H3. The fraction of sp³-hybridized carbons (Fsp3) is 0.429. The Hall–Kier alpha value is -1.64. The second-order valence-electron chi connectivity index (χ2n) is 4.16. The molecule has 0 saturated heterocycles. The van der Waals surface area contributed by atoms with Gasteiger partial charge in [0.15, 0.2) is 5.78 Å². The van der Waals surface area contributed by atoms with Gasteiger partial charge in [-0.25, -0.2) is 0 Å². The molecule has 0 fully saturated rings. The third kappa shape index (κ3) is 2.93. The molecular weight excluding hydrogens is 216 g/mol. The SMILES string of the molecule is CC=CC1=C(C)CC(C(=O)C(C)=CC)C(=O)O1. The number of hydrogen-bond acceptors (Lipinski definition) is 3. The van der Waals surface area contributed by atoms with Crippen molar-refractivity contribution in [3.63, 3.8) is 0 Å². The molecule has 0 aromatic heterocycles. The fourth-order valence-corrected chi connectivity index (χ4v) is 1.70. The quantitative estimate of drug-likeness (QED) is 0.428. The normalized spacial score (nSPS) is 22.0. The Morgan fingerprint density at radius 1 is 1.41 bits per heavy atom. The van der Waals surface area contributed by atoms with Crippen LogP contribution in [-0.4, -0.2) is 11.8 Å². The van der Waals surface area contributed by atoms with E-state index in [0.717, 1.165) is 5.57 Å². The van der Waals surface area contributed by atoms with Crippen molar-refractivity contribution in [3.8, 4) is 0 Å². The molecule has 0 saturated carbocycles. The van der Waals surface area contributed by atoms with E-state index in [1.165, 1.54) is 0 Å². The third-order valence-corrected chi connectivity index (χ3v) is 2.88. The lowest BCUT2D eigenvalue weighted by atomic mass is 9.90. The number of esters is 1. The van der Waals surface area contributed by atoms with E-state index in [-0.39, 0.29) is 5.78 Å². The van der Waals surface area contributed by atoms with Crippen molar-refractivity contribution >= 4 is 11.8 Å². The molecule has 0 aliphatic carbocycles. The number of allylic oxidation sites excluding steroid dienone is 5. The van der Waals surface area contributed by atoms with Crippen LogP contribution in [0.1, 0.15) is 34.1 Å². The van der Waals surface area contributed by atoms with E-state index < -0.39 is 11.9 Å². The van der Waals surface area contributed by atoms with E-state index in [4.69, 9.17) is 4.74 Å². The maximum atomic E-state index is 11.9. The summed E-state index contributed by atoms with van der Waals surface area (Å²) in [6, 6.07) is 0. The van der Waals surface area contributed by atoms with Gasteiger partial charge < -0.3 is 4.74 Å². The van der Waals surface area contributed by atoms with Crippen LogP contribution in [0.15, 0.2) is 35.1 Å². The molecule has 0 amide bonds. The smallest absolute Gasteiger partial charge is 0.322 e. The summed E-state index contributed by atoms with van der Waals surface area (Å²) in [7, 11) is 0. The van der Waals surface area contributed by atoms with Crippen molar-refractivity contribution in [2.45, 2.75) is 34.1 Å². The number of cyclic esters (lactones) is 1. The second kappa shape index (κ2) is 5.62. The lowest BCUT2D eigenvalue weighted by Crippen LogP contribution is -2.30. The summed E-state index contributed by atoms with van der Waals surface area (Å²) in [4.78, 5) is 23.7. The summed E-state index contributed by atoms with van der Waals surface area (Å²) in [5, 5.41) is 0. The van der Waals surface area contributed by atoms with Crippen molar-refractivity contribution < 1.29 is 14.3 Å². The van der Waals surface area contributed by atoms with Gasteiger partial charge >= 0.3 is 5.97 Å². The average molecular weight is 234 g/mol. The van der Waals surface area contributed by atoms with E-state index in [1.807, 2.05) is 19.9 Å². The predicted molar refractivity (Wildman–Crippen MR) is 66.2 cm³/mol. The van der Waals surface area contributed by atoms with Gasteiger partial charge in [-0.2, -0.15) is 0 Å². The Balaban J connectivity index is 2.96. The zero-order valence-electron chi connectivity index (χ0n) is 10.7. The molecule has 0 spiro atoms. The first-order chi connectivity index (χ1) is 8.01. The molecular formula is C14H18O3. The van der Waals surface area contributed by atoms with Crippen LogP contribution in [0, 0.1) is 5.92 Å². The minimum Gasteiger partial charge on any atom is -0.426 e. The van der Waals surface area contributed by atoms with Crippen molar-refractivity contribution in [1.29, 1.82) is 0 Å². The van der Waals surface area contributed by atoms with Gasteiger partial charge in [-0.1, -0.05) is 12.2 Å². The second-order valence-corrected chi connectivity index (χ2v) is 4.16. The van der Waals surface area contributed by atoms with Gasteiger partial charge in [-0.05, 0) is 51.3 Å². The Morgan fingerprint density at radius 3 is 2.59 bits per heavy atom.